The predicted molar refractivity (Wildman–Crippen MR) is 154 cm³/mol. The molecule has 3 atom stereocenters. The fraction of sp³-hybridized carbons (Fsp3) is 0.448. The van der Waals surface area contributed by atoms with E-state index in [0.29, 0.717) is 56.1 Å². The summed E-state index contributed by atoms with van der Waals surface area (Å²) in [6.07, 6.45) is 0.987. The van der Waals surface area contributed by atoms with Gasteiger partial charge in [-0.2, -0.15) is 0 Å². The number of piperazine rings is 1. The van der Waals surface area contributed by atoms with Crippen LogP contribution in [-0.2, 0) is 4.74 Å². The Morgan fingerprint density at radius 3 is 2.40 bits per heavy atom. The zero-order valence-electron chi connectivity index (χ0n) is 23.9. The maximum Gasteiger partial charge on any atom is 0.264 e. The minimum Gasteiger partial charge on any atom is -0.375 e. The number of alkyl halides is 2. The number of nitrogens with one attached hydrogen (secondary N) is 2. The van der Waals surface area contributed by atoms with Crippen molar-refractivity contribution in [1.29, 1.82) is 0 Å². The first kappa shape index (κ1) is 29.5. The number of ether oxygens (including phenoxy) is 1. The van der Waals surface area contributed by atoms with Gasteiger partial charge in [0.2, 0.25) is 11.5 Å². The maximum absolute atomic E-state index is 15.8. The molecule has 2 saturated heterocycles. The number of halogens is 3. The van der Waals surface area contributed by atoms with Gasteiger partial charge >= 0.3 is 0 Å². The van der Waals surface area contributed by atoms with Crippen LogP contribution in [0.5, 0.6) is 0 Å². The van der Waals surface area contributed by atoms with Crippen LogP contribution in [0.2, 0.25) is 0 Å². The maximum atomic E-state index is 15.8. The van der Waals surface area contributed by atoms with E-state index < -0.39 is 29.3 Å². The molecule has 2 aliphatic heterocycles. The number of likely N-dealkylation sites (N-methyl/N-ethyl adjacent to an activating group) is 1. The second-order valence-electron chi connectivity index (χ2n) is 10.9. The van der Waals surface area contributed by atoms with Gasteiger partial charge in [-0.3, -0.25) is 14.5 Å². The number of aromatic nitrogens is 3. The number of aromatic amines is 1. The monoisotopic (exact) mass is 585 g/mol. The number of carbonyl (C=O) groups excluding carboxylic acids is 1. The Morgan fingerprint density at radius 1 is 1.07 bits per heavy atom. The summed E-state index contributed by atoms with van der Waals surface area (Å²) in [5.74, 6) is -0.906. The molecule has 0 spiro atoms. The molecule has 2 N–H and O–H groups in total. The van der Waals surface area contributed by atoms with E-state index in [4.69, 9.17) is 4.74 Å². The van der Waals surface area contributed by atoms with E-state index in [1.54, 1.807) is 0 Å². The van der Waals surface area contributed by atoms with Crippen LogP contribution >= 0.6 is 0 Å². The van der Waals surface area contributed by atoms with Gasteiger partial charge in [0.1, 0.15) is 5.82 Å². The predicted octanol–water partition coefficient (Wildman–Crippen LogP) is 3.91. The first-order valence-electron chi connectivity index (χ1n) is 13.8. The molecule has 2 aliphatic rings. The van der Waals surface area contributed by atoms with E-state index in [1.165, 1.54) is 24.5 Å². The Balaban J connectivity index is 1.53. The van der Waals surface area contributed by atoms with E-state index in [-0.39, 0.29) is 35.0 Å². The lowest BCUT2D eigenvalue weighted by molar-refractivity contribution is 0.0526. The molecule has 0 unspecified atom stereocenters. The number of carbonyl (C=O) groups is 1. The summed E-state index contributed by atoms with van der Waals surface area (Å²) in [4.78, 5) is 42.3. The van der Waals surface area contributed by atoms with Crippen LogP contribution in [0.1, 0.15) is 43.1 Å². The summed E-state index contributed by atoms with van der Waals surface area (Å²) in [6.45, 7) is 8.99. The highest BCUT2D eigenvalue weighted by atomic mass is 19.3. The highest BCUT2D eigenvalue weighted by molar-refractivity contribution is 6.07. The lowest BCUT2D eigenvalue weighted by Crippen LogP contribution is -2.55. The Hall–Kier alpha value is -3.97. The van der Waals surface area contributed by atoms with Gasteiger partial charge in [-0.1, -0.05) is 0 Å². The van der Waals surface area contributed by atoms with Gasteiger partial charge in [0, 0.05) is 79.6 Å². The van der Waals surface area contributed by atoms with Crippen molar-refractivity contribution >= 4 is 23.2 Å². The number of amides is 1. The van der Waals surface area contributed by atoms with E-state index in [0.717, 1.165) is 6.20 Å². The average molecular weight is 586 g/mol. The fourth-order valence-electron chi connectivity index (χ4n) is 5.42. The first-order chi connectivity index (χ1) is 20.0. The summed E-state index contributed by atoms with van der Waals surface area (Å²) in [6, 6.07) is 3.78. The number of morpholine rings is 1. The molecular weight excluding hydrogens is 551 g/mol. The van der Waals surface area contributed by atoms with Crippen molar-refractivity contribution < 1.29 is 22.7 Å². The Bertz CT molecular complexity index is 1490. The van der Waals surface area contributed by atoms with Gasteiger partial charge in [0.05, 0.1) is 29.6 Å². The van der Waals surface area contributed by atoms with Crippen LogP contribution in [0.25, 0.3) is 11.1 Å². The Labute approximate surface area is 241 Å². The number of H-pyrrole nitrogens is 1. The highest BCUT2D eigenvalue weighted by Crippen LogP contribution is 2.36. The third-order valence-corrected chi connectivity index (χ3v) is 7.94. The molecule has 0 aliphatic carbocycles. The van der Waals surface area contributed by atoms with Crippen LogP contribution in [0, 0.1) is 5.82 Å². The average Bonchev–Trinajstić information content (AvgIpc) is 2.96. The molecule has 2 aromatic heterocycles. The van der Waals surface area contributed by atoms with Gasteiger partial charge < -0.3 is 24.8 Å². The van der Waals surface area contributed by atoms with Crippen molar-refractivity contribution in [2.24, 2.45) is 0 Å². The van der Waals surface area contributed by atoms with Crippen molar-refractivity contribution in [3.05, 3.63) is 64.1 Å². The zero-order valence-corrected chi connectivity index (χ0v) is 23.9. The molecule has 0 bridgehead atoms. The minimum atomic E-state index is -3.04. The molecule has 42 heavy (non-hydrogen) atoms. The van der Waals surface area contributed by atoms with Gasteiger partial charge in [0.25, 0.3) is 12.3 Å². The normalized spacial score (nSPS) is 21.6. The molecule has 10 nitrogen and oxygen atoms in total. The molecule has 13 heteroatoms. The lowest BCUT2D eigenvalue weighted by atomic mass is 10.0. The number of hydrogen-bond donors (Lipinski definition) is 2. The van der Waals surface area contributed by atoms with Crippen LogP contribution in [-0.4, -0.2) is 83.8 Å². The zero-order chi connectivity index (χ0) is 30.1. The van der Waals surface area contributed by atoms with E-state index >= 15 is 4.39 Å². The van der Waals surface area contributed by atoms with E-state index in [9.17, 15) is 18.4 Å². The molecular formula is C29H34F3N7O3. The van der Waals surface area contributed by atoms with Crippen molar-refractivity contribution in [3.8, 4) is 11.1 Å². The van der Waals surface area contributed by atoms with Crippen LogP contribution < -0.4 is 20.7 Å². The molecule has 4 heterocycles. The Morgan fingerprint density at radius 2 is 1.76 bits per heavy atom. The fourth-order valence-corrected chi connectivity index (χ4v) is 5.42. The van der Waals surface area contributed by atoms with Crippen molar-refractivity contribution in [2.45, 2.75) is 45.4 Å². The smallest absolute Gasteiger partial charge is 0.264 e. The quantitative estimate of drug-likeness (QED) is 0.449. The molecule has 0 saturated carbocycles. The molecule has 1 aromatic carbocycles. The third kappa shape index (κ3) is 6.12. The summed E-state index contributed by atoms with van der Waals surface area (Å²) >= 11 is 0. The standard InChI is InChI=1S/C29H34F3N7O3/c1-16-13-39(14-17(2)37(16)4)25-9-23(30)20(19-10-34-29(35-11-19)38-5-6-42-18(3)15-38)7-24(25)36-28(41)22-12-33-26(40)8-21(22)27(31)32/h7-12,16-18,27H,5-6,13-15H2,1-4H3,(H,33,40)(H,36,41)/t16-,17+,18-/m1/s1. The molecule has 224 valence electrons. The SMILES string of the molecule is C[C@@H]1CN(c2ncc(-c3cc(NC(=O)c4c[nH]c(=O)cc4C(F)F)c(N4C[C@@H](C)N(C)[C@@H](C)C4)cc3F)cn2)CCO1. The van der Waals surface area contributed by atoms with Crippen LogP contribution in [0.3, 0.4) is 0 Å². The molecule has 5 rings (SSSR count). The number of hydrogen-bond acceptors (Lipinski definition) is 8. The second kappa shape index (κ2) is 12.1. The number of nitrogens with zero attached hydrogens (tertiary/aromatic N) is 5. The minimum absolute atomic E-state index is 0.0335. The van der Waals surface area contributed by atoms with E-state index in [1.807, 2.05) is 23.8 Å². The number of rotatable bonds is 6. The second-order valence-corrected chi connectivity index (χ2v) is 10.9. The summed E-state index contributed by atoms with van der Waals surface area (Å²) in [5.41, 5.74) is -0.643. The van der Waals surface area contributed by atoms with Gasteiger partial charge in [-0.25, -0.2) is 23.1 Å². The highest BCUT2D eigenvalue weighted by Gasteiger charge is 2.30. The topological polar surface area (TPSA) is 107 Å². The Kier molecular flexibility index (Phi) is 8.50. The lowest BCUT2D eigenvalue weighted by Gasteiger charge is -2.44. The number of anilines is 3. The van der Waals surface area contributed by atoms with Crippen LogP contribution in [0.15, 0.2) is 41.6 Å². The van der Waals surface area contributed by atoms with Crippen molar-refractivity contribution in [2.75, 3.05) is 55.0 Å². The van der Waals surface area contributed by atoms with Crippen molar-refractivity contribution in [3.63, 3.8) is 0 Å². The molecule has 0 radical (unpaired) electrons. The summed E-state index contributed by atoms with van der Waals surface area (Å²) in [5, 5.41) is 2.71. The number of pyridine rings is 1. The molecule has 2 fully saturated rings. The van der Waals surface area contributed by atoms with Crippen LogP contribution in [0.4, 0.5) is 30.5 Å². The third-order valence-electron chi connectivity index (χ3n) is 7.94. The summed E-state index contributed by atoms with van der Waals surface area (Å²) in [7, 11) is 2.02. The first-order valence-corrected chi connectivity index (χ1v) is 13.8. The summed E-state index contributed by atoms with van der Waals surface area (Å²) < 4.78 is 48.7. The van der Waals surface area contributed by atoms with Crippen molar-refractivity contribution in [1.82, 2.24) is 19.9 Å². The molecule has 3 aromatic rings. The van der Waals surface area contributed by atoms with Gasteiger partial charge in [-0.05, 0) is 40.0 Å². The van der Waals surface area contributed by atoms with Gasteiger partial charge in [-0.15, -0.1) is 0 Å². The van der Waals surface area contributed by atoms with E-state index in [2.05, 4.69) is 39.0 Å². The molecule has 1 amide bonds. The number of benzene rings is 1. The largest absolute Gasteiger partial charge is 0.375 e. The van der Waals surface area contributed by atoms with Gasteiger partial charge in [0.15, 0.2) is 0 Å².